The highest BCUT2D eigenvalue weighted by Crippen LogP contribution is 2.26. The van der Waals surface area contributed by atoms with Gasteiger partial charge in [-0.2, -0.15) is 10.2 Å². The van der Waals surface area contributed by atoms with Crippen molar-refractivity contribution in [3.05, 3.63) is 46.2 Å². The molecule has 1 fully saturated rings. The molecule has 4 heterocycles. The molecule has 5 rings (SSSR count). The molecule has 134 valence electrons. The number of anilines is 1. The number of rotatable bonds is 3. The van der Waals surface area contributed by atoms with E-state index in [1.807, 2.05) is 6.07 Å². The predicted octanol–water partition coefficient (Wildman–Crippen LogP) is 1.71. The minimum atomic E-state index is -0.193. The molecular weight excluding hydrogens is 334 g/mol. The maximum absolute atomic E-state index is 12.6. The minimum Gasteiger partial charge on any atom is -0.460 e. The lowest BCUT2D eigenvalue weighted by Crippen LogP contribution is -2.38. The van der Waals surface area contributed by atoms with Crippen molar-refractivity contribution < 1.29 is 9.15 Å². The van der Waals surface area contributed by atoms with Crippen molar-refractivity contribution >= 4 is 16.8 Å². The molecule has 8 heteroatoms. The van der Waals surface area contributed by atoms with Crippen molar-refractivity contribution in [3.63, 3.8) is 0 Å². The number of ether oxygens (including phenoxy) is 1. The fourth-order valence-electron chi connectivity index (χ4n) is 3.81. The summed E-state index contributed by atoms with van der Waals surface area (Å²) in [6, 6.07) is 3.26. The molecule has 1 saturated heterocycles. The summed E-state index contributed by atoms with van der Waals surface area (Å²) in [5.41, 5.74) is 2.70. The average molecular weight is 353 g/mol. The largest absolute Gasteiger partial charge is 0.460 e. The van der Waals surface area contributed by atoms with E-state index < -0.39 is 0 Å². The molecule has 3 aromatic rings. The van der Waals surface area contributed by atoms with Gasteiger partial charge < -0.3 is 14.5 Å². The molecule has 1 N–H and O–H groups in total. The Balaban J connectivity index is 1.48. The molecule has 2 unspecified atom stereocenters. The number of fused-ring (bicyclic) bond motifs is 2. The lowest BCUT2D eigenvalue weighted by Gasteiger charge is -2.23. The second-order valence-electron chi connectivity index (χ2n) is 6.86. The van der Waals surface area contributed by atoms with Gasteiger partial charge in [0.25, 0.3) is 5.56 Å². The molecule has 3 aromatic heterocycles. The Bertz CT molecular complexity index is 1010. The Labute approximate surface area is 149 Å². The van der Waals surface area contributed by atoms with Gasteiger partial charge in [0.05, 0.1) is 37.4 Å². The Kier molecular flexibility index (Phi) is 3.70. The third-order valence-electron chi connectivity index (χ3n) is 5.18. The first-order valence-corrected chi connectivity index (χ1v) is 8.94. The van der Waals surface area contributed by atoms with E-state index in [9.17, 15) is 4.79 Å². The summed E-state index contributed by atoms with van der Waals surface area (Å²) in [6.07, 6.45) is 7.38. The quantitative estimate of drug-likeness (QED) is 0.766. The van der Waals surface area contributed by atoms with Crippen LogP contribution in [0.1, 0.15) is 30.1 Å². The van der Waals surface area contributed by atoms with Gasteiger partial charge in [-0.3, -0.25) is 4.79 Å². The van der Waals surface area contributed by atoms with Gasteiger partial charge in [-0.25, -0.2) is 4.68 Å². The van der Waals surface area contributed by atoms with Crippen LogP contribution in [0.5, 0.6) is 0 Å². The number of aromatic nitrogens is 4. The fraction of sp³-hybridized carbons (Fsp3) is 0.444. The molecule has 0 bridgehead atoms. The summed E-state index contributed by atoms with van der Waals surface area (Å²) in [7, 11) is 0. The molecule has 2 aliphatic rings. The zero-order chi connectivity index (χ0) is 17.5. The number of nitrogens with one attached hydrogen (secondary N) is 1. The smallest absolute Gasteiger partial charge is 0.267 e. The Morgan fingerprint density at radius 3 is 3.12 bits per heavy atom. The van der Waals surface area contributed by atoms with Crippen LogP contribution in [0.4, 0.5) is 5.82 Å². The minimum absolute atomic E-state index is 0.0739. The molecule has 0 aromatic carbocycles. The third kappa shape index (κ3) is 2.57. The highest BCUT2D eigenvalue weighted by atomic mass is 16.5. The zero-order valence-corrected chi connectivity index (χ0v) is 14.2. The lowest BCUT2D eigenvalue weighted by atomic mass is 9.97. The molecule has 8 nitrogen and oxygen atoms in total. The number of nitrogens with zero attached hydrogens (tertiary/aromatic N) is 4. The summed E-state index contributed by atoms with van der Waals surface area (Å²) in [5.74, 6) is 0.555. The third-order valence-corrected chi connectivity index (χ3v) is 5.18. The molecule has 26 heavy (non-hydrogen) atoms. The Morgan fingerprint density at radius 2 is 2.15 bits per heavy atom. The number of hydrogen-bond acceptors (Lipinski definition) is 7. The highest BCUT2D eigenvalue weighted by molar-refractivity contribution is 5.85. The molecule has 0 saturated carbocycles. The van der Waals surface area contributed by atoms with Crippen LogP contribution in [0.15, 0.2) is 33.8 Å². The van der Waals surface area contributed by atoms with Crippen LogP contribution in [-0.2, 0) is 17.6 Å². The van der Waals surface area contributed by atoms with Gasteiger partial charge >= 0.3 is 0 Å². The summed E-state index contributed by atoms with van der Waals surface area (Å²) in [4.78, 5) is 12.6. The van der Waals surface area contributed by atoms with Gasteiger partial charge in [0.2, 0.25) is 0 Å². The molecule has 1 aliphatic heterocycles. The molecular formula is C18H19N5O3. The standard InChI is InChI=1S/C18H19N5O3/c24-16-7-11-3-1-2-4-13(11)22-23(16)15-10-25-9-14(15)20-18-17-12(5-6-26-17)8-19-21-18/h5-8,14-15H,1-4,9-10H2,(H,20,21). The molecule has 1 aliphatic carbocycles. The second kappa shape index (κ2) is 6.21. The van der Waals surface area contributed by atoms with Gasteiger partial charge in [0.15, 0.2) is 11.4 Å². The van der Waals surface area contributed by atoms with E-state index in [0.717, 1.165) is 42.3 Å². The van der Waals surface area contributed by atoms with E-state index >= 15 is 0 Å². The SMILES string of the molecule is O=c1cc2c(nn1C1COCC1Nc1nncc3ccoc13)CCCC2. The van der Waals surface area contributed by atoms with E-state index in [2.05, 4.69) is 20.6 Å². The van der Waals surface area contributed by atoms with Crippen molar-refractivity contribution in [2.45, 2.75) is 37.8 Å². The van der Waals surface area contributed by atoms with E-state index in [-0.39, 0.29) is 17.6 Å². The first-order chi connectivity index (χ1) is 12.8. The number of hydrogen-bond donors (Lipinski definition) is 1. The van der Waals surface area contributed by atoms with Gasteiger partial charge in [0, 0.05) is 11.5 Å². The van der Waals surface area contributed by atoms with Crippen LogP contribution in [0.3, 0.4) is 0 Å². The fourth-order valence-corrected chi connectivity index (χ4v) is 3.81. The molecule has 0 radical (unpaired) electrons. The monoisotopic (exact) mass is 353 g/mol. The number of furan rings is 1. The van der Waals surface area contributed by atoms with E-state index in [0.29, 0.717) is 24.6 Å². The van der Waals surface area contributed by atoms with Crippen LogP contribution < -0.4 is 10.9 Å². The zero-order valence-electron chi connectivity index (χ0n) is 14.2. The van der Waals surface area contributed by atoms with Crippen LogP contribution >= 0.6 is 0 Å². The van der Waals surface area contributed by atoms with Crippen molar-refractivity contribution in [2.24, 2.45) is 0 Å². The van der Waals surface area contributed by atoms with Crippen LogP contribution in [0, 0.1) is 0 Å². The molecule has 0 spiro atoms. The van der Waals surface area contributed by atoms with Crippen LogP contribution in [-0.4, -0.2) is 39.2 Å². The van der Waals surface area contributed by atoms with Crippen molar-refractivity contribution in [1.82, 2.24) is 20.0 Å². The van der Waals surface area contributed by atoms with Gasteiger partial charge in [-0.1, -0.05) is 0 Å². The van der Waals surface area contributed by atoms with E-state index in [4.69, 9.17) is 9.15 Å². The predicted molar refractivity (Wildman–Crippen MR) is 94.2 cm³/mol. The van der Waals surface area contributed by atoms with Gasteiger partial charge in [0.1, 0.15) is 6.04 Å². The van der Waals surface area contributed by atoms with Gasteiger partial charge in [-0.15, -0.1) is 5.10 Å². The first kappa shape index (κ1) is 15.5. The Morgan fingerprint density at radius 1 is 1.23 bits per heavy atom. The van der Waals surface area contributed by atoms with Crippen molar-refractivity contribution in [1.29, 1.82) is 0 Å². The van der Waals surface area contributed by atoms with Gasteiger partial charge in [-0.05, 0) is 37.3 Å². The lowest BCUT2D eigenvalue weighted by molar-refractivity contribution is 0.182. The van der Waals surface area contributed by atoms with Crippen LogP contribution in [0.2, 0.25) is 0 Å². The maximum atomic E-state index is 12.6. The van der Waals surface area contributed by atoms with E-state index in [1.165, 1.54) is 0 Å². The summed E-state index contributed by atoms with van der Waals surface area (Å²) in [5, 5.41) is 17.0. The summed E-state index contributed by atoms with van der Waals surface area (Å²) >= 11 is 0. The Hall–Kier alpha value is -2.74. The van der Waals surface area contributed by atoms with Crippen molar-refractivity contribution in [3.8, 4) is 0 Å². The topological polar surface area (TPSA) is 95.1 Å². The average Bonchev–Trinajstić information content (AvgIpc) is 3.31. The first-order valence-electron chi connectivity index (χ1n) is 8.94. The highest BCUT2D eigenvalue weighted by Gasteiger charge is 2.33. The number of aryl methyl sites for hydroxylation is 2. The normalized spacial score (nSPS) is 22.5. The molecule has 2 atom stereocenters. The maximum Gasteiger partial charge on any atom is 0.267 e. The van der Waals surface area contributed by atoms with E-state index in [1.54, 1.807) is 23.2 Å². The van der Waals surface area contributed by atoms with Crippen molar-refractivity contribution in [2.75, 3.05) is 18.5 Å². The summed E-state index contributed by atoms with van der Waals surface area (Å²) < 4.78 is 12.7. The summed E-state index contributed by atoms with van der Waals surface area (Å²) in [6.45, 7) is 0.902. The molecule has 0 amide bonds. The second-order valence-corrected chi connectivity index (χ2v) is 6.86. The van der Waals surface area contributed by atoms with Crippen LogP contribution in [0.25, 0.3) is 11.0 Å².